The largest absolute Gasteiger partial charge is 0.478 e. The fourth-order valence-electron chi connectivity index (χ4n) is 3.74. The summed E-state index contributed by atoms with van der Waals surface area (Å²) in [7, 11) is 0. The molecule has 2 aromatic heterocycles. The molecule has 1 aliphatic heterocycles. The maximum absolute atomic E-state index is 11.6. The van der Waals surface area contributed by atoms with E-state index >= 15 is 0 Å². The van der Waals surface area contributed by atoms with E-state index in [2.05, 4.69) is 27.1 Å². The molecule has 3 heterocycles. The molecular formula is C21H22N4O2. The van der Waals surface area contributed by atoms with Gasteiger partial charge in [0, 0.05) is 30.9 Å². The number of aromatic nitrogens is 3. The molecule has 6 nitrogen and oxygen atoms in total. The van der Waals surface area contributed by atoms with E-state index in [9.17, 15) is 9.90 Å². The number of aromatic carboxylic acids is 1. The van der Waals surface area contributed by atoms with Crippen molar-refractivity contribution in [1.29, 1.82) is 0 Å². The minimum atomic E-state index is -0.931. The Hall–Kier alpha value is -2.99. The highest BCUT2D eigenvalue weighted by atomic mass is 16.4. The first-order valence-corrected chi connectivity index (χ1v) is 9.22. The van der Waals surface area contributed by atoms with E-state index < -0.39 is 5.97 Å². The van der Waals surface area contributed by atoms with E-state index in [0.717, 1.165) is 42.8 Å². The van der Waals surface area contributed by atoms with Crippen molar-refractivity contribution in [3.05, 3.63) is 71.8 Å². The van der Waals surface area contributed by atoms with Gasteiger partial charge in [-0.25, -0.2) is 4.79 Å². The van der Waals surface area contributed by atoms with Gasteiger partial charge in [0.25, 0.3) is 0 Å². The second-order valence-corrected chi connectivity index (χ2v) is 6.83. The van der Waals surface area contributed by atoms with Crippen molar-refractivity contribution in [2.24, 2.45) is 0 Å². The van der Waals surface area contributed by atoms with Crippen LogP contribution in [0.5, 0.6) is 0 Å². The molecule has 138 valence electrons. The van der Waals surface area contributed by atoms with Gasteiger partial charge in [0.2, 0.25) is 0 Å². The van der Waals surface area contributed by atoms with Crippen LogP contribution >= 0.6 is 0 Å². The van der Waals surface area contributed by atoms with E-state index in [1.54, 1.807) is 12.3 Å². The minimum absolute atomic E-state index is 0.274. The van der Waals surface area contributed by atoms with Crippen LogP contribution in [0.25, 0.3) is 11.1 Å². The Kier molecular flexibility index (Phi) is 4.98. The van der Waals surface area contributed by atoms with Crippen LogP contribution in [-0.4, -0.2) is 38.9 Å². The minimum Gasteiger partial charge on any atom is -0.478 e. The van der Waals surface area contributed by atoms with Gasteiger partial charge in [-0.2, -0.15) is 5.10 Å². The van der Waals surface area contributed by atoms with Gasteiger partial charge in [-0.05, 0) is 36.6 Å². The normalized spacial score (nSPS) is 17.0. The fraction of sp³-hybridized carbons (Fsp3) is 0.286. The maximum atomic E-state index is 11.6. The lowest BCUT2D eigenvalue weighted by Gasteiger charge is -2.25. The van der Waals surface area contributed by atoms with E-state index in [0.29, 0.717) is 17.5 Å². The number of nitrogens with zero attached hydrogens (tertiary/aromatic N) is 3. The predicted molar refractivity (Wildman–Crippen MR) is 103 cm³/mol. The van der Waals surface area contributed by atoms with Gasteiger partial charge in [0.1, 0.15) is 0 Å². The van der Waals surface area contributed by atoms with E-state index in [4.69, 9.17) is 5.10 Å². The van der Waals surface area contributed by atoms with E-state index in [1.807, 2.05) is 24.4 Å². The maximum Gasteiger partial charge on any atom is 0.336 e. The second kappa shape index (κ2) is 7.72. The Balaban J connectivity index is 1.79. The number of hydrogen-bond donors (Lipinski definition) is 2. The zero-order chi connectivity index (χ0) is 18.6. The van der Waals surface area contributed by atoms with Crippen LogP contribution in [0.15, 0.2) is 55.0 Å². The summed E-state index contributed by atoms with van der Waals surface area (Å²) in [6.45, 7) is 1.91. The summed E-state index contributed by atoms with van der Waals surface area (Å²) in [6.07, 6.45) is 7.72. The number of benzene rings is 1. The van der Waals surface area contributed by atoms with Gasteiger partial charge >= 0.3 is 5.97 Å². The van der Waals surface area contributed by atoms with Gasteiger partial charge in [-0.3, -0.25) is 9.67 Å². The SMILES string of the molecule is O=C(O)c1ccncc1Cc1c(-c2ccccc2)cnn1C1CCCNC1. The average molecular weight is 362 g/mol. The first-order chi connectivity index (χ1) is 13.2. The second-order valence-electron chi connectivity index (χ2n) is 6.83. The van der Waals surface area contributed by atoms with Crippen molar-refractivity contribution in [1.82, 2.24) is 20.1 Å². The van der Waals surface area contributed by atoms with Crippen molar-refractivity contribution in [3.8, 4) is 11.1 Å². The number of hydrogen-bond acceptors (Lipinski definition) is 4. The quantitative estimate of drug-likeness (QED) is 0.729. The molecule has 1 unspecified atom stereocenters. The van der Waals surface area contributed by atoms with E-state index in [1.165, 1.54) is 6.20 Å². The summed E-state index contributed by atoms with van der Waals surface area (Å²) >= 11 is 0. The zero-order valence-corrected chi connectivity index (χ0v) is 15.0. The molecule has 4 rings (SSSR count). The average Bonchev–Trinajstić information content (AvgIpc) is 3.13. The van der Waals surface area contributed by atoms with Crippen molar-refractivity contribution in [3.63, 3.8) is 0 Å². The summed E-state index contributed by atoms with van der Waals surface area (Å²) in [5, 5.41) is 17.7. The lowest BCUT2D eigenvalue weighted by Crippen LogP contribution is -2.33. The molecule has 1 aromatic carbocycles. The Morgan fingerprint density at radius 2 is 2.07 bits per heavy atom. The van der Waals surface area contributed by atoms with Gasteiger partial charge in [0.15, 0.2) is 0 Å². The number of nitrogens with one attached hydrogen (secondary N) is 1. The highest BCUT2D eigenvalue weighted by molar-refractivity contribution is 5.89. The molecule has 0 bridgehead atoms. The predicted octanol–water partition coefficient (Wildman–Crippen LogP) is 3.16. The molecule has 1 atom stereocenters. The smallest absolute Gasteiger partial charge is 0.336 e. The highest BCUT2D eigenvalue weighted by Crippen LogP contribution is 2.30. The number of rotatable bonds is 5. The third kappa shape index (κ3) is 3.61. The number of piperidine rings is 1. The number of carboxylic acids is 1. The van der Waals surface area contributed by atoms with Crippen LogP contribution in [0.4, 0.5) is 0 Å². The highest BCUT2D eigenvalue weighted by Gasteiger charge is 2.23. The number of carbonyl (C=O) groups is 1. The Morgan fingerprint density at radius 1 is 1.22 bits per heavy atom. The molecule has 2 N–H and O–H groups in total. The molecule has 0 amide bonds. The lowest BCUT2D eigenvalue weighted by molar-refractivity contribution is 0.0695. The number of pyridine rings is 1. The standard InChI is InChI=1S/C21H22N4O2/c26-21(27)18-8-10-23-12-16(18)11-20-19(15-5-2-1-3-6-15)14-24-25(20)17-7-4-9-22-13-17/h1-3,5-6,8,10,12,14,17,22H,4,7,9,11,13H2,(H,26,27). The van der Waals surface area contributed by atoms with Crippen molar-refractivity contribution in [2.45, 2.75) is 25.3 Å². The molecule has 1 aliphatic rings. The van der Waals surface area contributed by atoms with Crippen LogP contribution in [0, 0.1) is 0 Å². The molecule has 0 spiro atoms. The Bertz CT molecular complexity index is 930. The number of carboxylic acid groups (broad SMARTS) is 1. The lowest BCUT2D eigenvalue weighted by atomic mass is 9.98. The molecule has 0 saturated carbocycles. The molecule has 6 heteroatoms. The van der Waals surface area contributed by atoms with Gasteiger partial charge < -0.3 is 10.4 Å². The molecule has 1 saturated heterocycles. The summed E-state index contributed by atoms with van der Waals surface area (Å²) in [6, 6.07) is 12.0. The summed E-state index contributed by atoms with van der Waals surface area (Å²) in [4.78, 5) is 15.8. The Labute approximate surface area is 157 Å². The molecule has 3 aromatic rings. The van der Waals surface area contributed by atoms with Crippen molar-refractivity contribution >= 4 is 5.97 Å². The first kappa shape index (κ1) is 17.4. The molecule has 1 fully saturated rings. The molecule has 0 aliphatic carbocycles. The molecule has 0 radical (unpaired) electrons. The van der Waals surface area contributed by atoms with Gasteiger partial charge in [-0.15, -0.1) is 0 Å². The van der Waals surface area contributed by atoms with Gasteiger partial charge in [-0.1, -0.05) is 30.3 Å². The summed E-state index contributed by atoms with van der Waals surface area (Å²) in [5.41, 5.74) is 4.15. The van der Waals surface area contributed by atoms with Gasteiger partial charge in [0.05, 0.1) is 23.5 Å². The Morgan fingerprint density at radius 3 is 2.81 bits per heavy atom. The van der Waals surface area contributed by atoms with Crippen LogP contribution < -0.4 is 5.32 Å². The van der Waals surface area contributed by atoms with Crippen molar-refractivity contribution < 1.29 is 9.90 Å². The third-order valence-corrected chi connectivity index (χ3v) is 5.09. The monoisotopic (exact) mass is 362 g/mol. The summed E-state index contributed by atoms with van der Waals surface area (Å²) in [5.74, 6) is -0.931. The summed E-state index contributed by atoms with van der Waals surface area (Å²) < 4.78 is 2.08. The first-order valence-electron chi connectivity index (χ1n) is 9.22. The molecular weight excluding hydrogens is 340 g/mol. The van der Waals surface area contributed by atoms with E-state index in [-0.39, 0.29) is 6.04 Å². The van der Waals surface area contributed by atoms with Crippen LogP contribution in [0.1, 0.15) is 40.5 Å². The fourth-order valence-corrected chi connectivity index (χ4v) is 3.74. The van der Waals surface area contributed by atoms with Crippen LogP contribution in [0.2, 0.25) is 0 Å². The third-order valence-electron chi connectivity index (χ3n) is 5.09. The van der Waals surface area contributed by atoms with Crippen molar-refractivity contribution in [2.75, 3.05) is 13.1 Å². The topological polar surface area (TPSA) is 80.0 Å². The van der Waals surface area contributed by atoms with Crippen LogP contribution in [-0.2, 0) is 6.42 Å². The van der Waals surface area contributed by atoms with Crippen LogP contribution in [0.3, 0.4) is 0 Å². The molecule has 27 heavy (non-hydrogen) atoms. The zero-order valence-electron chi connectivity index (χ0n) is 15.0.